The minimum atomic E-state index is -0.297. The highest BCUT2D eigenvalue weighted by atomic mass is 16.5. The number of nitrogens with zero attached hydrogens (tertiary/aromatic N) is 2. The number of hydrogen-bond donors (Lipinski definition) is 0. The maximum atomic E-state index is 12.8. The Kier molecular flexibility index (Phi) is 9.32. The van der Waals surface area contributed by atoms with Gasteiger partial charge in [-0.1, -0.05) is 37.3 Å². The van der Waals surface area contributed by atoms with Crippen molar-refractivity contribution in [1.29, 1.82) is 0 Å². The molecule has 1 saturated heterocycles. The van der Waals surface area contributed by atoms with E-state index in [2.05, 4.69) is 4.90 Å². The summed E-state index contributed by atoms with van der Waals surface area (Å²) < 4.78 is 4.83. The van der Waals surface area contributed by atoms with Crippen LogP contribution in [0, 0.1) is 5.92 Å². The fourth-order valence-corrected chi connectivity index (χ4v) is 3.62. The number of benzene rings is 1. The van der Waals surface area contributed by atoms with Crippen molar-refractivity contribution < 1.29 is 14.3 Å². The van der Waals surface area contributed by atoms with E-state index in [1.807, 2.05) is 42.2 Å². The number of rotatable bonds is 11. The highest BCUT2D eigenvalue weighted by Crippen LogP contribution is 2.11. The van der Waals surface area contributed by atoms with Crippen LogP contribution in [0.1, 0.15) is 44.6 Å². The first-order chi connectivity index (χ1) is 13.1. The van der Waals surface area contributed by atoms with Crippen LogP contribution in [0.15, 0.2) is 30.3 Å². The zero-order valence-electron chi connectivity index (χ0n) is 16.9. The average molecular weight is 375 g/mol. The molecule has 1 fully saturated rings. The lowest BCUT2D eigenvalue weighted by atomic mass is 10.1. The van der Waals surface area contributed by atoms with Crippen molar-refractivity contribution in [2.24, 2.45) is 5.92 Å². The molecule has 27 heavy (non-hydrogen) atoms. The van der Waals surface area contributed by atoms with Gasteiger partial charge in [0.05, 0.1) is 13.0 Å². The lowest BCUT2D eigenvalue weighted by Crippen LogP contribution is -2.38. The molecule has 1 atom stereocenters. The molecule has 2 rings (SSSR count). The largest absolute Gasteiger partial charge is 0.469 e. The number of unbranched alkanes of at least 4 members (excludes halogenated alkanes) is 1. The van der Waals surface area contributed by atoms with Crippen molar-refractivity contribution in [3.05, 3.63) is 35.9 Å². The summed E-state index contributed by atoms with van der Waals surface area (Å²) >= 11 is 0. The van der Waals surface area contributed by atoms with E-state index in [-0.39, 0.29) is 17.8 Å². The number of carbonyl (C=O) groups excluding carboxylic acids is 2. The number of methoxy groups -OCH3 is 1. The van der Waals surface area contributed by atoms with Gasteiger partial charge < -0.3 is 14.5 Å². The minimum absolute atomic E-state index is 0.121. The van der Waals surface area contributed by atoms with Gasteiger partial charge in [-0.05, 0) is 57.3 Å². The van der Waals surface area contributed by atoms with Crippen molar-refractivity contribution in [2.75, 3.05) is 39.8 Å². The highest BCUT2D eigenvalue weighted by Gasteiger charge is 2.21. The number of carbonyl (C=O) groups is 2. The van der Waals surface area contributed by atoms with Crippen LogP contribution in [0.4, 0.5) is 0 Å². The van der Waals surface area contributed by atoms with Gasteiger partial charge >= 0.3 is 5.97 Å². The van der Waals surface area contributed by atoms with Gasteiger partial charge in [0.15, 0.2) is 0 Å². The zero-order chi connectivity index (χ0) is 19.5. The third-order valence-corrected chi connectivity index (χ3v) is 5.27. The predicted octanol–water partition coefficient (Wildman–Crippen LogP) is 3.13. The summed E-state index contributed by atoms with van der Waals surface area (Å²) in [5, 5.41) is 0. The van der Waals surface area contributed by atoms with E-state index in [1.165, 1.54) is 38.6 Å². The molecule has 1 amide bonds. The molecule has 1 aliphatic heterocycles. The topological polar surface area (TPSA) is 49.9 Å². The summed E-state index contributed by atoms with van der Waals surface area (Å²) in [4.78, 5) is 28.9. The minimum Gasteiger partial charge on any atom is -0.469 e. The maximum absolute atomic E-state index is 12.8. The third kappa shape index (κ3) is 7.71. The average Bonchev–Trinajstić information content (AvgIpc) is 3.21. The molecule has 150 valence electrons. The molecule has 0 spiro atoms. The lowest BCUT2D eigenvalue weighted by Gasteiger charge is -2.26. The molecule has 0 N–H and O–H groups in total. The number of ether oxygens (including phenoxy) is 1. The van der Waals surface area contributed by atoms with Crippen LogP contribution in [0.5, 0.6) is 0 Å². The van der Waals surface area contributed by atoms with E-state index in [0.717, 1.165) is 25.8 Å². The van der Waals surface area contributed by atoms with Gasteiger partial charge in [-0.25, -0.2) is 0 Å². The molecular weight excluding hydrogens is 340 g/mol. The van der Waals surface area contributed by atoms with Gasteiger partial charge in [0, 0.05) is 19.5 Å². The Balaban J connectivity index is 1.82. The Morgan fingerprint density at radius 2 is 1.85 bits per heavy atom. The Hall–Kier alpha value is -1.88. The van der Waals surface area contributed by atoms with Crippen LogP contribution in [-0.4, -0.2) is 61.5 Å². The van der Waals surface area contributed by atoms with Gasteiger partial charge in [-0.15, -0.1) is 0 Å². The van der Waals surface area contributed by atoms with Gasteiger partial charge in [0.2, 0.25) is 5.91 Å². The van der Waals surface area contributed by atoms with E-state index in [1.54, 1.807) is 0 Å². The highest BCUT2D eigenvalue weighted by molar-refractivity contribution is 5.78. The van der Waals surface area contributed by atoms with Crippen molar-refractivity contribution in [3.8, 4) is 0 Å². The van der Waals surface area contributed by atoms with E-state index in [9.17, 15) is 9.59 Å². The molecule has 0 bridgehead atoms. The molecule has 5 heteroatoms. The van der Waals surface area contributed by atoms with Crippen LogP contribution in [-0.2, 0) is 20.7 Å². The zero-order valence-corrected chi connectivity index (χ0v) is 16.9. The standard InChI is InChI=1S/C22H34N2O3/c1-19(22(26)27-2)18-24(17-9-8-16-23-14-6-7-15-23)21(25)13-12-20-10-4-3-5-11-20/h3-5,10-11,19H,6-9,12-18H2,1-2H3. The molecule has 1 unspecified atom stereocenters. The summed E-state index contributed by atoms with van der Waals surface area (Å²) in [6.07, 6.45) is 5.89. The summed E-state index contributed by atoms with van der Waals surface area (Å²) in [7, 11) is 1.40. The molecule has 1 aromatic rings. The summed E-state index contributed by atoms with van der Waals surface area (Å²) in [5.74, 6) is -0.432. The first kappa shape index (κ1) is 21.4. The second-order valence-electron chi connectivity index (χ2n) is 7.51. The first-order valence-electron chi connectivity index (χ1n) is 10.2. The van der Waals surface area contributed by atoms with Crippen LogP contribution < -0.4 is 0 Å². The molecule has 0 saturated carbocycles. The van der Waals surface area contributed by atoms with Crippen LogP contribution >= 0.6 is 0 Å². The number of likely N-dealkylation sites (tertiary alicyclic amines) is 1. The Labute approximate surface area is 163 Å². The molecule has 0 radical (unpaired) electrons. The van der Waals surface area contributed by atoms with Crippen LogP contribution in [0.2, 0.25) is 0 Å². The molecule has 1 heterocycles. The van der Waals surface area contributed by atoms with Crippen molar-refractivity contribution in [2.45, 2.75) is 45.4 Å². The smallest absolute Gasteiger partial charge is 0.310 e. The molecule has 0 aromatic heterocycles. The van der Waals surface area contributed by atoms with E-state index >= 15 is 0 Å². The van der Waals surface area contributed by atoms with Gasteiger partial charge in [-0.3, -0.25) is 9.59 Å². The normalized spacial score (nSPS) is 15.5. The van der Waals surface area contributed by atoms with E-state index in [4.69, 9.17) is 4.74 Å². The fourth-order valence-electron chi connectivity index (χ4n) is 3.62. The van der Waals surface area contributed by atoms with Crippen molar-refractivity contribution in [1.82, 2.24) is 9.80 Å². The number of hydrogen-bond acceptors (Lipinski definition) is 4. The maximum Gasteiger partial charge on any atom is 0.310 e. The SMILES string of the molecule is COC(=O)C(C)CN(CCCCN1CCCC1)C(=O)CCc1ccccc1. The Morgan fingerprint density at radius 1 is 1.15 bits per heavy atom. The second kappa shape index (κ2) is 11.8. The molecule has 1 aromatic carbocycles. The molecule has 1 aliphatic rings. The van der Waals surface area contributed by atoms with Gasteiger partial charge in [0.25, 0.3) is 0 Å². The van der Waals surface area contributed by atoms with Gasteiger partial charge in [-0.2, -0.15) is 0 Å². The van der Waals surface area contributed by atoms with E-state index < -0.39 is 0 Å². The monoisotopic (exact) mass is 374 g/mol. The van der Waals surface area contributed by atoms with Crippen LogP contribution in [0.3, 0.4) is 0 Å². The molecule has 0 aliphatic carbocycles. The number of esters is 1. The molecular formula is C22H34N2O3. The number of amides is 1. The first-order valence-corrected chi connectivity index (χ1v) is 10.2. The third-order valence-electron chi connectivity index (χ3n) is 5.27. The summed E-state index contributed by atoms with van der Waals surface area (Å²) in [5.41, 5.74) is 1.17. The van der Waals surface area contributed by atoms with E-state index in [0.29, 0.717) is 19.5 Å². The van der Waals surface area contributed by atoms with Crippen LogP contribution in [0.25, 0.3) is 0 Å². The summed E-state index contributed by atoms with van der Waals surface area (Å²) in [6.45, 7) is 6.50. The Bertz CT molecular complexity index is 570. The second-order valence-corrected chi connectivity index (χ2v) is 7.51. The quantitative estimate of drug-likeness (QED) is 0.441. The van der Waals surface area contributed by atoms with Gasteiger partial charge in [0.1, 0.15) is 0 Å². The number of aryl methyl sites for hydroxylation is 1. The molecule has 5 nitrogen and oxygen atoms in total. The lowest BCUT2D eigenvalue weighted by molar-refractivity contribution is -0.146. The Morgan fingerprint density at radius 3 is 2.52 bits per heavy atom. The summed E-state index contributed by atoms with van der Waals surface area (Å²) in [6, 6.07) is 10.1. The predicted molar refractivity (Wildman–Crippen MR) is 107 cm³/mol. The van der Waals surface area contributed by atoms with Crippen molar-refractivity contribution >= 4 is 11.9 Å². The fraction of sp³-hybridized carbons (Fsp3) is 0.636. The van der Waals surface area contributed by atoms with Crippen molar-refractivity contribution in [3.63, 3.8) is 0 Å².